The average molecular weight is 530 g/mol. The second-order valence-electron chi connectivity index (χ2n) is 10.7. The maximum Gasteiger partial charge on any atom is 0.261 e. The number of halogens is 2. The summed E-state index contributed by atoms with van der Waals surface area (Å²) in [5, 5.41) is 8.65. The fourth-order valence-corrected chi connectivity index (χ4v) is 5.62. The lowest BCUT2D eigenvalue weighted by atomic mass is 10.0. The van der Waals surface area contributed by atoms with E-state index < -0.39 is 5.92 Å². The Morgan fingerprint density at radius 1 is 0.923 bits per heavy atom. The van der Waals surface area contributed by atoms with Crippen LogP contribution >= 0.6 is 0 Å². The molecule has 0 bridgehead atoms. The van der Waals surface area contributed by atoms with Crippen LogP contribution < -0.4 is 4.90 Å². The number of imidazole rings is 1. The molecule has 0 spiro atoms. The highest BCUT2D eigenvalue weighted by Crippen LogP contribution is 2.33. The molecule has 0 atom stereocenters. The maximum absolute atomic E-state index is 13.7. The zero-order valence-electron chi connectivity index (χ0n) is 21.7. The van der Waals surface area contributed by atoms with Crippen LogP contribution in [-0.4, -0.2) is 92.2 Å². The van der Waals surface area contributed by atoms with E-state index in [0.29, 0.717) is 18.9 Å². The lowest BCUT2D eigenvalue weighted by Crippen LogP contribution is -2.44. The molecular formula is C28H29F2N9. The molecule has 0 radical (unpaired) electrons. The van der Waals surface area contributed by atoms with Crippen molar-refractivity contribution in [1.29, 1.82) is 0 Å². The van der Waals surface area contributed by atoms with Gasteiger partial charge in [0.15, 0.2) is 5.82 Å². The fraction of sp³-hybridized carbons (Fsp3) is 0.357. The lowest BCUT2D eigenvalue weighted by Gasteiger charge is -2.33. The third-order valence-electron chi connectivity index (χ3n) is 7.79. The number of likely N-dealkylation sites (N-methyl/N-ethyl adjacent to an activating group) is 1. The second-order valence-corrected chi connectivity index (χ2v) is 10.7. The average Bonchev–Trinajstić information content (AvgIpc) is 3.64. The van der Waals surface area contributed by atoms with E-state index in [-0.39, 0.29) is 13.0 Å². The van der Waals surface area contributed by atoms with Gasteiger partial charge in [-0.1, -0.05) is 6.07 Å². The van der Waals surface area contributed by atoms with Crippen molar-refractivity contribution in [2.75, 3.05) is 51.2 Å². The van der Waals surface area contributed by atoms with E-state index >= 15 is 0 Å². The summed E-state index contributed by atoms with van der Waals surface area (Å²) in [7, 11) is 2.14. The monoisotopic (exact) mass is 529 g/mol. The smallest absolute Gasteiger partial charge is 0.261 e. The molecule has 0 saturated carbocycles. The number of nitrogens with one attached hydrogen (secondary N) is 2. The minimum atomic E-state index is -2.61. The van der Waals surface area contributed by atoms with Crippen molar-refractivity contribution >= 4 is 27.6 Å². The number of piperazine rings is 1. The van der Waals surface area contributed by atoms with Crippen molar-refractivity contribution in [2.24, 2.45) is 0 Å². The molecule has 2 N–H and O–H groups in total. The quantitative estimate of drug-likeness (QED) is 0.353. The van der Waals surface area contributed by atoms with Gasteiger partial charge in [-0.25, -0.2) is 13.8 Å². The number of fused-ring (bicyclic) bond motifs is 2. The van der Waals surface area contributed by atoms with Gasteiger partial charge in [-0.2, -0.15) is 5.10 Å². The van der Waals surface area contributed by atoms with Crippen LogP contribution in [0, 0.1) is 0 Å². The zero-order valence-corrected chi connectivity index (χ0v) is 21.7. The Labute approximate surface area is 223 Å². The van der Waals surface area contributed by atoms with E-state index in [2.05, 4.69) is 48.1 Å². The number of pyridine rings is 2. The number of H-pyrrole nitrogens is 2. The van der Waals surface area contributed by atoms with Crippen LogP contribution in [0.4, 0.5) is 14.5 Å². The molecule has 2 saturated heterocycles. The van der Waals surface area contributed by atoms with Crippen molar-refractivity contribution in [3.63, 3.8) is 0 Å². The largest absolute Gasteiger partial charge is 0.366 e. The van der Waals surface area contributed by atoms with Gasteiger partial charge in [-0.05, 0) is 36.4 Å². The molecule has 6 heterocycles. The molecule has 1 aromatic carbocycles. The van der Waals surface area contributed by atoms with E-state index in [1.807, 2.05) is 24.4 Å². The third-order valence-corrected chi connectivity index (χ3v) is 7.79. The van der Waals surface area contributed by atoms with Crippen LogP contribution in [0.1, 0.15) is 12.0 Å². The summed E-state index contributed by atoms with van der Waals surface area (Å²) in [4.78, 5) is 23.7. The first-order chi connectivity index (χ1) is 18.9. The van der Waals surface area contributed by atoms with E-state index in [9.17, 15) is 8.78 Å². The molecule has 11 heteroatoms. The van der Waals surface area contributed by atoms with E-state index in [1.165, 1.54) is 0 Å². The zero-order chi connectivity index (χ0) is 26.6. The molecule has 2 aliphatic rings. The number of anilines is 1. The van der Waals surface area contributed by atoms with Gasteiger partial charge < -0.3 is 14.8 Å². The summed E-state index contributed by atoms with van der Waals surface area (Å²) in [5.41, 5.74) is 7.24. The number of likely N-dealkylation sites (tertiary alicyclic amines) is 1. The van der Waals surface area contributed by atoms with Crippen LogP contribution in [0.2, 0.25) is 0 Å². The molecule has 39 heavy (non-hydrogen) atoms. The maximum atomic E-state index is 13.7. The normalized spacial score (nSPS) is 18.5. The summed E-state index contributed by atoms with van der Waals surface area (Å²) >= 11 is 0. The van der Waals surface area contributed by atoms with Crippen LogP contribution in [0.3, 0.4) is 0 Å². The molecule has 7 rings (SSSR count). The Bertz CT molecular complexity index is 1650. The van der Waals surface area contributed by atoms with Gasteiger partial charge in [0, 0.05) is 69.0 Å². The molecule has 5 aromatic rings. The first-order valence-corrected chi connectivity index (χ1v) is 13.2. The highest BCUT2D eigenvalue weighted by atomic mass is 19.3. The summed E-state index contributed by atoms with van der Waals surface area (Å²) < 4.78 is 27.3. The van der Waals surface area contributed by atoms with Crippen molar-refractivity contribution in [3.8, 4) is 22.6 Å². The van der Waals surface area contributed by atoms with Gasteiger partial charge in [0.1, 0.15) is 11.2 Å². The lowest BCUT2D eigenvalue weighted by molar-refractivity contribution is 0.0115. The van der Waals surface area contributed by atoms with Crippen LogP contribution in [0.15, 0.2) is 49.1 Å². The number of aromatic amines is 2. The molecule has 0 amide bonds. The summed E-state index contributed by atoms with van der Waals surface area (Å²) in [6, 6.07) is 8.11. The van der Waals surface area contributed by atoms with Crippen molar-refractivity contribution < 1.29 is 8.78 Å². The van der Waals surface area contributed by atoms with Crippen LogP contribution in [-0.2, 0) is 6.54 Å². The standard InChI is InChI=1S/C28H29F2N9/c1-37-6-8-39(9-7-37)24-15-32-14-23-26(24)34-27(33-23)25-21-11-19(2-3-22(21)35-36-25)20-10-18(12-31-13-20)16-38-5-4-28(29,30)17-38/h2-3,10-15H,4-9,16-17H2,1H3,(H,33,34)(H,35,36). The van der Waals surface area contributed by atoms with Gasteiger partial charge in [0.25, 0.3) is 5.92 Å². The number of hydrogen-bond donors (Lipinski definition) is 2. The highest BCUT2D eigenvalue weighted by Gasteiger charge is 2.37. The molecule has 4 aromatic heterocycles. The Morgan fingerprint density at radius 2 is 1.77 bits per heavy atom. The molecule has 2 fully saturated rings. The number of hydrogen-bond acceptors (Lipinski definition) is 7. The van der Waals surface area contributed by atoms with Crippen LogP contribution in [0.25, 0.3) is 44.6 Å². The fourth-order valence-electron chi connectivity index (χ4n) is 5.62. The molecule has 200 valence electrons. The number of nitrogens with zero attached hydrogens (tertiary/aromatic N) is 7. The first-order valence-electron chi connectivity index (χ1n) is 13.2. The Kier molecular flexibility index (Phi) is 5.78. The van der Waals surface area contributed by atoms with Gasteiger partial charge in [-0.3, -0.25) is 20.0 Å². The predicted octanol–water partition coefficient (Wildman–Crippen LogP) is 4.16. The summed E-state index contributed by atoms with van der Waals surface area (Å²) in [5.74, 6) is -1.93. The van der Waals surface area contributed by atoms with Crippen molar-refractivity contribution in [3.05, 3.63) is 54.6 Å². The van der Waals surface area contributed by atoms with Crippen molar-refractivity contribution in [1.82, 2.24) is 39.9 Å². The Hall–Kier alpha value is -3.96. The van der Waals surface area contributed by atoms with E-state index in [1.54, 1.807) is 23.5 Å². The Balaban J connectivity index is 1.21. The molecule has 2 aliphatic heterocycles. The first kappa shape index (κ1) is 24.1. The van der Waals surface area contributed by atoms with Gasteiger partial charge >= 0.3 is 0 Å². The SMILES string of the molecule is CN1CCN(c2cncc3[nH]c(-c4n[nH]c5ccc(-c6cncc(CN7CCC(F)(F)C7)c6)cc45)nc23)CC1. The second kappa shape index (κ2) is 9.35. The van der Waals surface area contributed by atoms with Gasteiger partial charge in [0.05, 0.1) is 35.7 Å². The molecule has 0 aliphatic carbocycles. The van der Waals surface area contributed by atoms with Gasteiger partial charge in [-0.15, -0.1) is 0 Å². The number of benzene rings is 1. The minimum Gasteiger partial charge on any atom is -0.366 e. The minimum absolute atomic E-state index is 0.0885. The summed E-state index contributed by atoms with van der Waals surface area (Å²) in [6.45, 7) is 4.51. The molecule has 9 nitrogen and oxygen atoms in total. The topological polar surface area (TPSA) is 92.9 Å². The Morgan fingerprint density at radius 3 is 2.59 bits per heavy atom. The van der Waals surface area contributed by atoms with E-state index in [4.69, 9.17) is 4.98 Å². The highest BCUT2D eigenvalue weighted by molar-refractivity contribution is 5.97. The van der Waals surface area contributed by atoms with Crippen LogP contribution in [0.5, 0.6) is 0 Å². The summed E-state index contributed by atoms with van der Waals surface area (Å²) in [6.07, 6.45) is 7.16. The number of aromatic nitrogens is 6. The van der Waals surface area contributed by atoms with Crippen molar-refractivity contribution in [2.45, 2.75) is 18.9 Å². The molecular weight excluding hydrogens is 500 g/mol. The van der Waals surface area contributed by atoms with E-state index in [0.717, 1.165) is 76.2 Å². The third kappa shape index (κ3) is 4.61. The number of alkyl halides is 2. The predicted molar refractivity (Wildman–Crippen MR) is 147 cm³/mol. The van der Waals surface area contributed by atoms with Gasteiger partial charge in [0.2, 0.25) is 0 Å². The molecule has 0 unspecified atom stereocenters. The number of rotatable bonds is 5.